The highest BCUT2D eigenvalue weighted by Gasteiger charge is 2.21. The standard InChI is InChI=1S/C29H17N3S2/c1-16-17-8-2-5-11-22(17)31-29(30-16)32-23-12-6-3-9-18(23)19-14-15-21-26(25(19)32)34-27-20-10-4-7-13-24(20)33-28(21)27/h2-15H,1H3. The number of hydrogen-bond donors (Lipinski definition) is 0. The van der Waals surface area contributed by atoms with Crippen molar-refractivity contribution in [1.29, 1.82) is 0 Å². The Morgan fingerprint density at radius 3 is 2.21 bits per heavy atom. The molecule has 0 amide bonds. The van der Waals surface area contributed by atoms with E-state index in [2.05, 4.69) is 84.3 Å². The highest BCUT2D eigenvalue weighted by Crippen LogP contribution is 2.47. The molecule has 0 bridgehead atoms. The van der Waals surface area contributed by atoms with Gasteiger partial charge in [-0.1, -0.05) is 66.7 Å². The second kappa shape index (κ2) is 6.63. The van der Waals surface area contributed by atoms with E-state index in [1.54, 1.807) is 0 Å². The first-order chi connectivity index (χ1) is 16.8. The van der Waals surface area contributed by atoms with Crippen LogP contribution in [-0.2, 0) is 0 Å². The first-order valence-corrected chi connectivity index (χ1v) is 12.9. The van der Waals surface area contributed by atoms with Crippen molar-refractivity contribution >= 4 is 85.0 Å². The van der Waals surface area contributed by atoms with E-state index >= 15 is 0 Å². The molecule has 160 valence electrons. The summed E-state index contributed by atoms with van der Waals surface area (Å²) in [6.45, 7) is 2.07. The molecule has 8 rings (SSSR count). The normalized spacial score (nSPS) is 12.3. The Hall–Kier alpha value is -3.80. The summed E-state index contributed by atoms with van der Waals surface area (Å²) in [5.74, 6) is 0.733. The van der Waals surface area contributed by atoms with Crippen LogP contribution in [0.15, 0.2) is 84.9 Å². The van der Waals surface area contributed by atoms with Crippen LogP contribution in [0.25, 0.3) is 68.2 Å². The van der Waals surface area contributed by atoms with Crippen LogP contribution in [0, 0.1) is 6.92 Å². The monoisotopic (exact) mass is 471 g/mol. The average Bonchev–Trinajstić information content (AvgIpc) is 3.52. The maximum Gasteiger partial charge on any atom is 0.235 e. The van der Waals surface area contributed by atoms with Gasteiger partial charge in [0.15, 0.2) is 0 Å². The molecule has 34 heavy (non-hydrogen) atoms. The second-order valence-corrected chi connectivity index (χ2v) is 10.7. The molecule has 4 aromatic heterocycles. The molecule has 0 radical (unpaired) electrons. The number of aryl methyl sites for hydroxylation is 1. The van der Waals surface area contributed by atoms with Gasteiger partial charge in [0.2, 0.25) is 5.95 Å². The van der Waals surface area contributed by atoms with Crippen LogP contribution in [0.1, 0.15) is 5.69 Å². The molecule has 4 heterocycles. The van der Waals surface area contributed by atoms with Gasteiger partial charge in [-0.05, 0) is 25.1 Å². The minimum Gasteiger partial charge on any atom is -0.276 e. The van der Waals surface area contributed by atoms with Gasteiger partial charge in [0.05, 0.1) is 36.3 Å². The lowest BCUT2D eigenvalue weighted by atomic mass is 10.1. The van der Waals surface area contributed by atoms with Crippen molar-refractivity contribution in [2.75, 3.05) is 0 Å². The lowest BCUT2D eigenvalue weighted by molar-refractivity contribution is 0.992. The Balaban J connectivity index is 1.59. The maximum atomic E-state index is 5.04. The Labute approximate surface area is 202 Å². The van der Waals surface area contributed by atoms with E-state index < -0.39 is 0 Å². The first kappa shape index (κ1) is 18.6. The highest BCUT2D eigenvalue weighted by atomic mass is 32.1. The van der Waals surface area contributed by atoms with Gasteiger partial charge in [-0.25, -0.2) is 9.97 Å². The van der Waals surface area contributed by atoms with Gasteiger partial charge < -0.3 is 0 Å². The summed E-state index contributed by atoms with van der Waals surface area (Å²) in [5, 5.41) is 6.24. The summed E-state index contributed by atoms with van der Waals surface area (Å²) in [4.78, 5) is 10.0. The van der Waals surface area contributed by atoms with E-state index in [9.17, 15) is 0 Å². The summed E-state index contributed by atoms with van der Waals surface area (Å²) in [6.07, 6.45) is 0. The lowest BCUT2D eigenvalue weighted by Gasteiger charge is -2.09. The van der Waals surface area contributed by atoms with Gasteiger partial charge in [-0.2, -0.15) is 0 Å². The number of thiophene rings is 2. The fourth-order valence-electron chi connectivity index (χ4n) is 5.24. The molecule has 4 aromatic carbocycles. The maximum absolute atomic E-state index is 5.04. The quantitative estimate of drug-likeness (QED) is 0.240. The second-order valence-electron chi connectivity index (χ2n) is 8.68. The molecule has 0 spiro atoms. The predicted octanol–water partition coefficient (Wildman–Crippen LogP) is 8.62. The molecule has 0 saturated heterocycles. The molecule has 0 N–H and O–H groups in total. The predicted molar refractivity (Wildman–Crippen MR) is 147 cm³/mol. The molecule has 0 aliphatic carbocycles. The number of aromatic nitrogens is 3. The summed E-state index contributed by atoms with van der Waals surface area (Å²) in [6, 6.07) is 30.2. The van der Waals surface area contributed by atoms with E-state index in [1.165, 1.54) is 45.9 Å². The Bertz CT molecular complexity index is 2090. The van der Waals surface area contributed by atoms with E-state index in [4.69, 9.17) is 9.97 Å². The number of fused-ring (bicyclic) bond motifs is 10. The zero-order valence-electron chi connectivity index (χ0n) is 18.2. The third kappa shape index (κ3) is 2.35. The van der Waals surface area contributed by atoms with Crippen molar-refractivity contribution in [3.63, 3.8) is 0 Å². The molecule has 8 aromatic rings. The fraction of sp³-hybridized carbons (Fsp3) is 0.0345. The smallest absolute Gasteiger partial charge is 0.235 e. The molecular weight excluding hydrogens is 454 g/mol. The fourth-order valence-corrected chi connectivity index (χ4v) is 8.02. The Morgan fingerprint density at radius 2 is 1.29 bits per heavy atom. The number of para-hydroxylation sites is 2. The number of rotatable bonds is 1. The summed E-state index contributed by atoms with van der Waals surface area (Å²) < 4.78 is 7.66. The van der Waals surface area contributed by atoms with E-state index in [0.717, 1.165) is 28.1 Å². The van der Waals surface area contributed by atoms with Crippen LogP contribution < -0.4 is 0 Å². The first-order valence-electron chi connectivity index (χ1n) is 11.3. The number of hydrogen-bond acceptors (Lipinski definition) is 4. The van der Waals surface area contributed by atoms with Crippen molar-refractivity contribution in [3.05, 3.63) is 90.6 Å². The Morgan fingerprint density at radius 1 is 0.588 bits per heavy atom. The van der Waals surface area contributed by atoms with Crippen LogP contribution in [-0.4, -0.2) is 14.5 Å². The minimum atomic E-state index is 0.733. The molecule has 0 saturated carbocycles. The van der Waals surface area contributed by atoms with Crippen molar-refractivity contribution < 1.29 is 0 Å². The van der Waals surface area contributed by atoms with Crippen molar-refractivity contribution in [3.8, 4) is 5.95 Å². The molecule has 0 unspecified atom stereocenters. The zero-order chi connectivity index (χ0) is 22.4. The molecule has 0 atom stereocenters. The SMILES string of the molecule is Cc1nc(-n2c3ccccc3c3ccc4c5sc6ccccc6c5sc4c32)nc2ccccc12. The highest BCUT2D eigenvalue weighted by molar-refractivity contribution is 7.37. The third-order valence-corrected chi connectivity index (χ3v) is 9.35. The third-order valence-electron chi connectivity index (χ3n) is 6.77. The van der Waals surface area contributed by atoms with E-state index in [0.29, 0.717) is 0 Å². The van der Waals surface area contributed by atoms with Crippen LogP contribution >= 0.6 is 22.7 Å². The molecule has 0 aliphatic rings. The van der Waals surface area contributed by atoms with Gasteiger partial charge in [0.1, 0.15) is 0 Å². The van der Waals surface area contributed by atoms with Crippen LogP contribution in [0.2, 0.25) is 0 Å². The van der Waals surface area contributed by atoms with Crippen LogP contribution in [0.5, 0.6) is 0 Å². The summed E-state index contributed by atoms with van der Waals surface area (Å²) in [7, 11) is 0. The topological polar surface area (TPSA) is 30.7 Å². The summed E-state index contributed by atoms with van der Waals surface area (Å²) in [5.41, 5.74) is 4.31. The Kier molecular flexibility index (Phi) is 3.63. The van der Waals surface area contributed by atoms with Crippen molar-refractivity contribution in [2.45, 2.75) is 6.92 Å². The molecule has 3 nitrogen and oxygen atoms in total. The van der Waals surface area contributed by atoms with E-state index in [-0.39, 0.29) is 0 Å². The van der Waals surface area contributed by atoms with Crippen molar-refractivity contribution in [2.24, 2.45) is 0 Å². The minimum absolute atomic E-state index is 0.733. The molecule has 5 heteroatoms. The van der Waals surface area contributed by atoms with Crippen LogP contribution in [0.3, 0.4) is 0 Å². The zero-order valence-corrected chi connectivity index (χ0v) is 19.9. The largest absolute Gasteiger partial charge is 0.276 e. The van der Waals surface area contributed by atoms with Crippen LogP contribution in [0.4, 0.5) is 0 Å². The van der Waals surface area contributed by atoms with Gasteiger partial charge in [0, 0.05) is 31.6 Å². The van der Waals surface area contributed by atoms with Gasteiger partial charge >= 0.3 is 0 Å². The lowest BCUT2D eigenvalue weighted by Crippen LogP contribution is -2.03. The van der Waals surface area contributed by atoms with E-state index in [1.807, 2.05) is 34.8 Å². The van der Waals surface area contributed by atoms with Gasteiger partial charge in [0.25, 0.3) is 0 Å². The number of nitrogens with zero attached hydrogens (tertiary/aromatic N) is 3. The van der Waals surface area contributed by atoms with Gasteiger partial charge in [-0.3, -0.25) is 4.57 Å². The molecule has 0 aliphatic heterocycles. The van der Waals surface area contributed by atoms with Crippen molar-refractivity contribution in [1.82, 2.24) is 14.5 Å². The molecule has 0 fully saturated rings. The number of benzene rings is 4. The van der Waals surface area contributed by atoms with Gasteiger partial charge in [-0.15, -0.1) is 22.7 Å². The molecular formula is C29H17N3S2. The summed E-state index contributed by atoms with van der Waals surface area (Å²) >= 11 is 3.78. The average molecular weight is 472 g/mol.